The second-order valence-electron chi connectivity index (χ2n) is 4.59. The highest BCUT2D eigenvalue weighted by molar-refractivity contribution is 5.74. The van der Waals surface area contributed by atoms with Crippen LogP contribution in [0.4, 0.5) is 4.79 Å². The molecular formula is C11H22N2O3. The van der Waals surface area contributed by atoms with Crippen molar-refractivity contribution in [1.29, 1.82) is 0 Å². The van der Waals surface area contributed by atoms with Crippen molar-refractivity contribution < 1.29 is 14.7 Å². The summed E-state index contributed by atoms with van der Waals surface area (Å²) in [7, 11) is 0. The minimum absolute atomic E-state index is 0.0578. The summed E-state index contributed by atoms with van der Waals surface area (Å²) in [6.45, 7) is 8.16. The number of rotatable bonds is 6. The largest absolute Gasteiger partial charge is 0.481 e. The molecule has 0 aliphatic rings. The maximum Gasteiger partial charge on any atom is 0.315 e. The van der Waals surface area contributed by atoms with Gasteiger partial charge in [0.05, 0.1) is 0 Å². The van der Waals surface area contributed by atoms with Gasteiger partial charge < -0.3 is 15.7 Å². The Balaban J connectivity index is 3.77. The number of hydrogen-bond acceptors (Lipinski definition) is 2. The Labute approximate surface area is 96.6 Å². The zero-order valence-corrected chi connectivity index (χ0v) is 10.4. The average Bonchev–Trinajstić information content (AvgIpc) is 2.13. The summed E-state index contributed by atoms with van der Waals surface area (Å²) in [6.07, 6.45) is 0.0695. The van der Waals surface area contributed by atoms with E-state index < -0.39 is 5.97 Å². The van der Waals surface area contributed by atoms with Crippen LogP contribution in [-0.4, -0.2) is 29.7 Å². The summed E-state index contributed by atoms with van der Waals surface area (Å²) in [5.74, 6) is -0.523. The Kier molecular flexibility index (Phi) is 6.53. The molecule has 0 radical (unpaired) electrons. The molecule has 0 fully saturated rings. The lowest BCUT2D eigenvalue weighted by Gasteiger charge is -2.18. The molecule has 0 aromatic carbocycles. The molecule has 0 aromatic heterocycles. The summed E-state index contributed by atoms with van der Waals surface area (Å²) >= 11 is 0. The van der Waals surface area contributed by atoms with Gasteiger partial charge in [0, 0.05) is 19.0 Å². The van der Waals surface area contributed by atoms with Gasteiger partial charge >= 0.3 is 12.0 Å². The highest BCUT2D eigenvalue weighted by Gasteiger charge is 2.12. The monoisotopic (exact) mass is 230 g/mol. The van der Waals surface area contributed by atoms with Crippen LogP contribution in [0.2, 0.25) is 0 Å². The lowest BCUT2D eigenvalue weighted by Crippen LogP contribution is -2.44. The molecule has 0 bridgehead atoms. The lowest BCUT2D eigenvalue weighted by molar-refractivity contribution is -0.137. The summed E-state index contributed by atoms with van der Waals surface area (Å²) < 4.78 is 0. The number of nitrogens with one attached hydrogen (secondary N) is 2. The molecule has 0 rings (SSSR count). The van der Waals surface area contributed by atoms with Gasteiger partial charge in [-0.1, -0.05) is 20.8 Å². The topological polar surface area (TPSA) is 78.4 Å². The number of urea groups is 1. The first-order valence-electron chi connectivity index (χ1n) is 5.59. The highest BCUT2D eigenvalue weighted by atomic mass is 16.4. The van der Waals surface area contributed by atoms with Crippen LogP contribution in [0.1, 0.15) is 34.1 Å². The molecule has 3 N–H and O–H groups in total. The Morgan fingerprint density at radius 3 is 2.19 bits per heavy atom. The lowest BCUT2D eigenvalue weighted by atomic mass is 10.1. The van der Waals surface area contributed by atoms with Crippen LogP contribution < -0.4 is 10.6 Å². The number of amides is 2. The molecule has 0 saturated heterocycles. The van der Waals surface area contributed by atoms with Crippen molar-refractivity contribution in [3.63, 3.8) is 0 Å². The summed E-state index contributed by atoms with van der Waals surface area (Å²) in [6, 6.07) is -0.131. The second-order valence-corrected chi connectivity index (χ2v) is 4.59. The number of aliphatic carboxylic acids is 1. The SMILES string of the molecule is CC(CNC(=O)NC(C)C(C)C)CC(=O)O. The molecule has 0 heterocycles. The standard InChI is InChI=1S/C11H22N2O3/c1-7(2)9(4)13-11(16)12-6-8(3)5-10(14)15/h7-9H,5-6H2,1-4H3,(H,14,15)(H2,12,13,16). The van der Waals surface area contributed by atoms with Gasteiger partial charge in [0.1, 0.15) is 0 Å². The van der Waals surface area contributed by atoms with Gasteiger partial charge in [0.2, 0.25) is 0 Å². The van der Waals surface area contributed by atoms with E-state index in [1.54, 1.807) is 6.92 Å². The average molecular weight is 230 g/mol. The zero-order valence-electron chi connectivity index (χ0n) is 10.4. The van der Waals surface area contributed by atoms with Crippen molar-refractivity contribution in [2.75, 3.05) is 6.54 Å². The Morgan fingerprint density at radius 2 is 1.75 bits per heavy atom. The Morgan fingerprint density at radius 1 is 1.19 bits per heavy atom. The molecule has 5 heteroatoms. The maximum absolute atomic E-state index is 11.4. The molecule has 2 amide bonds. The van der Waals surface area contributed by atoms with Crippen LogP contribution in [0.3, 0.4) is 0 Å². The van der Waals surface area contributed by atoms with Crippen LogP contribution in [-0.2, 0) is 4.79 Å². The number of carboxylic acids is 1. The van der Waals surface area contributed by atoms with E-state index >= 15 is 0 Å². The maximum atomic E-state index is 11.4. The van der Waals surface area contributed by atoms with E-state index in [4.69, 9.17) is 5.11 Å². The van der Waals surface area contributed by atoms with Crippen LogP contribution in [0.5, 0.6) is 0 Å². The molecule has 2 unspecified atom stereocenters. The van der Waals surface area contributed by atoms with Gasteiger partial charge in [-0.15, -0.1) is 0 Å². The van der Waals surface area contributed by atoms with E-state index in [0.717, 1.165) is 0 Å². The normalized spacial score (nSPS) is 14.3. The molecular weight excluding hydrogens is 208 g/mol. The Bertz CT molecular complexity index is 241. The molecule has 0 aliphatic heterocycles. The van der Waals surface area contributed by atoms with Gasteiger partial charge in [0.25, 0.3) is 0 Å². The number of carboxylic acid groups (broad SMARTS) is 1. The van der Waals surface area contributed by atoms with Crippen molar-refractivity contribution in [3.05, 3.63) is 0 Å². The van der Waals surface area contributed by atoms with Crippen LogP contribution in [0, 0.1) is 11.8 Å². The first-order chi connectivity index (χ1) is 7.32. The summed E-state index contributed by atoms with van der Waals surface area (Å²) in [5, 5.41) is 14.0. The third-order valence-corrected chi connectivity index (χ3v) is 2.49. The molecule has 0 saturated carbocycles. The molecule has 0 spiro atoms. The number of carbonyl (C=O) groups excluding carboxylic acids is 1. The molecule has 2 atom stereocenters. The van der Waals surface area contributed by atoms with Crippen molar-refractivity contribution in [1.82, 2.24) is 10.6 Å². The quantitative estimate of drug-likeness (QED) is 0.646. The molecule has 16 heavy (non-hydrogen) atoms. The second kappa shape index (κ2) is 7.09. The van der Waals surface area contributed by atoms with E-state index in [1.165, 1.54) is 0 Å². The molecule has 94 valence electrons. The smallest absolute Gasteiger partial charge is 0.315 e. The Hall–Kier alpha value is -1.26. The van der Waals surface area contributed by atoms with Crippen molar-refractivity contribution >= 4 is 12.0 Å². The number of carbonyl (C=O) groups is 2. The van der Waals surface area contributed by atoms with Crippen LogP contribution in [0.15, 0.2) is 0 Å². The van der Waals surface area contributed by atoms with Gasteiger partial charge in [-0.2, -0.15) is 0 Å². The zero-order chi connectivity index (χ0) is 12.7. The van der Waals surface area contributed by atoms with E-state index in [2.05, 4.69) is 10.6 Å². The fourth-order valence-corrected chi connectivity index (χ4v) is 1.06. The van der Waals surface area contributed by atoms with E-state index in [0.29, 0.717) is 12.5 Å². The van der Waals surface area contributed by atoms with Crippen molar-refractivity contribution in [2.45, 2.75) is 40.2 Å². The van der Waals surface area contributed by atoms with Gasteiger partial charge in [-0.3, -0.25) is 4.79 Å². The van der Waals surface area contributed by atoms with Crippen molar-refractivity contribution in [3.8, 4) is 0 Å². The first-order valence-corrected chi connectivity index (χ1v) is 5.59. The molecule has 0 aliphatic carbocycles. The third kappa shape index (κ3) is 7.09. The fourth-order valence-electron chi connectivity index (χ4n) is 1.06. The third-order valence-electron chi connectivity index (χ3n) is 2.49. The molecule has 0 aromatic rings. The molecule has 5 nitrogen and oxygen atoms in total. The predicted molar refractivity (Wildman–Crippen MR) is 62.3 cm³/mol. The van der Waals surface area contributed by atoms with Gasteiger partial charge in [-0.05, 0) is 18.8 Å². The predicted octanol–water partition coefficient (Wildman–Crippen LogP) is 1.44. The fraction of sp³-hybridized carbons (Fsp3) is 0.818. The minimum Gasteiger partial charge on any atom is -0.481 e. The van der Waals surface area contributed by atoms with Gasteiger partial charge in [-0.25, -0.2) is 4.79 Å². The van der Waals surface area contributed by atoms with E-state index in [-0.39, 0.29) is 24.4 Å². The van der Waals surface area contributed by atoms with E-state index in [9.17, 15) is 9.59 Å². The van der Waals surface area contributed by atoms with E-state index in [1.807, 2.05) is 20.8 Å². The van der Waals surface area contributed by atoms with Gasteiger partial charge in [0.15, 0.2) is 0 Å². The minimum atomic E-state index is -0.842. The van der Waals surface area contributed by atoms with Crippen LogP contribution in [0.25, 0.3) is 0 Å². The number of hydrogen-bond donors (Lipinski definition) is 3. The first kappa shape index (κ1) is 14.7. The summed E-state index contributed by atoms with van der Waals surface area (Å²) in [5.41, 5.74) is 0. The van der Waals surface area contributed by atoms with Crippen LogP contribution >= 0.6 is 0 Å². The highest BCUT2D eigenvalue weighted by Crippen LogP contribution is 2.01. The van der Waals surface area contributed by atoms with Crippen molar-refractivity contribution in [2.24, 2.45) is 11.8 Å². The summed E-state index contributed by atoms with van der Waals surface area (Å²) in [4.78, 5) is 21.8.